The van der Waals surface area contributed by atoms with Gasteiger partial charge in [0.2, 0.25) is 0 Å². The minimum absolute atomic E-state index is 0.160. The predicted molar refractivity (Wildman–Crippen MR) is 61.7 cm³/mol. The number of aromatic amines is 1. The van der Waals surface area contributed by atoms with E-state index in [1.54, 1.807) is 18.5 Å². The topological polar surface area (TPSA) is 40.7 Å². The van der Waals surface area contributed by atoms with Gasteiger partial charge in [0.05, 0.1) is 6.54 Å². The van der Waals surface area contributed by atoms with E-state index in [2.05, 4.69) is 15.3 Å². The van der Waals surface area contributed by atoms with Crippen LogP contribution in [0, 0.1) is 5.82 Å². The number of nitrogens with one attached hydrogen (secondary N) is 2. The number of hydrogen-bond donors (Lipinski definition) is 2. The number of benzene rings is 1. The molecular formula is C12H14FN3. The molecule has 3 nitrogen and oxygen atoms in total. The number of H-pyrrole nitrogens is 1. The number of rotatable bonds is 4. The predicted octanol–water partition coefficient (Wildman–Crippen LogP) is 2.72. The lowest BCUT2D eigenvalue weighted by molar-refractivity contribution is 0.612. The highest BCUT2D eigenvalue weighted by atomic mass is 19.1. The highest BCUT2D eigenvalue weighted by Gasteiger charge is 2.01. The summed E-state index contributed by atoms with van der Waals surface area (Å²) < 4.78 is 13.5. The summed E-state index contributed by atoms with van der Waals surface area (Å²) >= 11 is 0. The van der Waals surface area contributed by atoms with E-state index < -0.39 is 0 Å². The molecule has 4 heteroatoms. The van der Waals surface area contributed by atoms with Crippen molar-refractivity contribution in [2.75, 3.05) is 5.32 Å². The average molecular weight is 219 g/mol. The van der Waals surface area contributed by atoms with Crippen molar-refractivity contribution in [2.45, 2.75) is 19.9 Å². The third-order valence-electron chi connectivity index (χ3n) is 2.45. The lowest BCUT2D eigenvalue weighted by Gasteiger charge is -2.06. The SMILES string of the molecule is CCc1ccc(NCc2ncc[nH]2)cc1F. The van der Waals surface area contributed by atoms with E-state index in [1.165, 1.54) is 6.07 Å². The number of nitrogens with zero attached hydrogens (tertiary/aromatic N) is 1. The van der Waals surface area contributed by atoms with Crippen LogP contribution in [0.1, 0.15) is 18.3 Å². The van der Waals surface area contributed by atoms with E-state index in [0.717, 1.165) is 17.1 Å². The first-order valence-electron chi connectivity index (χ1n) is 5.30. The maximum Gasteiger partial charge on any atom is 0.128 e. The van der Waals surface area contributed by atoms with E-state index in [-0.39, 0.29) is 5.82 Å². The summed E-state index contributed by atoms with van der Waals surface area (Å²) in [6.45, 7) is 2.51. The number of aromatic nitrogens is 2. The average Bonchev–Trinajstić information content (AvgIpc) is 2.79. The Morgan fingerprint density at radius 1 is 1.44 bits per heavy atom. The molecule has 0 atom stereocenters. The van der Waals surface area contributed by atoms with Crippen LogP contribution < -0.4 is 5.32 Å². The molecule has 2 N–H and O–H groups in total. The van der Waals surface area contributed by atoms with Crippen LogP contribution in [0.25, 0.3) is 0 Å². The van der Waals surface area contributed by atoms with E-state index in [4.69, 9.17) is 0 Å². The second-order valence-corrected chi connectivity index (χ2v) is 3.55. The minimum Gasteiger partial charge on any atom is -0.378 e. The number of halogens is 1. The third kappa shape index (κ3) is 2.39. The maximum atomic E-state index is 13.5. The first kappa shape index (κ1) is 10.7. The fourth-order valence-corrected chi connectivity index (χ4v) is 1.52. The van der Waals surface area contributed by atoms with E-state index in [0.29, 0.717) is 13.0 Å². The summed E-state index contributed by atoms with van der Waals surface area (Å²) in [5, 5.41) is 3.11. The molecule has 2 aromatic rings. The van der Waals surface area contributed by atoms with Crippen LogP contribution in [0.4, 0.5) is 10.1 Å². The Labute approximate surface area is 93.7 Å². The zero-order valence-corrected chi connectivity index (χ0v) is 9.13. The number of anilines is 1. The lowest BCUT2D eigenvalue weighted by Crippen LogP contribution is -2.02. The maximum absolute atomic E-state index is 13.5. The van der Waals surface area contributed by atoms with Crippen LogP contribution >= 0.6 is 0 Å². The summed E-state index contributed by atoms with van der Waals surface area (Å²) in [5.41, 5.74) is 1.51. The molecule has 0 fully saturated rings. The van der Waals surface area contributed by atoms with Crippen molar-refractivity contribution in [3.8, 4) is 0 Å². The van der Waals surface area contributed by atoms with Gasteiger partial charge < -0.3 is 10.3 Å². The van der Waals surface area contributed by atoms with Gasteiger partial charge in [0.25, 0.3) is 0 Å². The highest BCUT2D eigenvalue weighted by molar-refractivity contribution is 5.45. The Bertz CT molecular complexity index is 451. The van der Waals surface area contributed by atoms with Crippen LogP contribution in [0.15, 0.2) is 30.6 Å². The Balaban J connectivity index is 2.02. The molecule has 2 rings (SSSR count). The summed E-state index contributed by atoms with van der Waals surface area (Å²) in [6, 6.07) is 5.20. The summed E-state index contributed by atoms with van der Waals surface area (Å²) in [7, 11) is 0. The van der Waals surface area contributed by atoms with Crippen molar-refractivity contribution in [3.63, 3.8) is 0 Å². The van der Waals surface area contributed by atoms with E-state index >= 15 is 0 Å². The first-order chi connectivity index (χ1) is 7.79. The smallest absolute Gasteiger partial charge is 0.128 e. The molecule has 0 unspecified atom stereocenters. The molecule has 1 aromatic carbocycles. The van der Waals surface area contributed by atoms with Crippen LogP contribution in [0.3, 0.4) is 0 Å². The molecule has 0 amide bonds. The summed E-state index contributed by atoms with van der Waals surface area (Å²) in [5.74, 6) is 0.673. The fourth-order valence-electron chi connectivity index (χ4n) is 1.52. The second-order valence-electron chi connectivity index (χ2n) is 3.55. The first-order valence-corrected chi connectivity index (χ1v) is 5.30. The number of imidazole rings is 1. The molecule has 0 saturated heterocycles. The van der Waals surface area contributed by atoms with Gasteiger partial charge in [-0.15, -0.1) is 0 Å². The monoisotopic (exact) mass is 219 g/mol. The molecule has 0 bridgehead atoms. The molecule has 0 aliphatic heterocycles. The largest absolute Gasteiger partial charge is 0.378 e. The molecule has 0 spiro atoms. The molecule has 1 heterocycles. The van der Waals surface area contributed by atoms with Crippen molar-refractivity contribution < 1.29 is 4.39 Å². The van der Waals surface area contributed by atoms with Crippen LogP contribution in [-0.4, -0.2) is 9.97 Å². The van der Waals surface area contributed by atoms with Gasteiger partial charge in [0.1, 0.15) is 11.6 Å². The number of hydrogen-bond acceptors (Lipinski definition) is 2. The van der Waals surface area contributed by atoms with E-state index in [9.17, 15) is 4.39 Å². The van der Waals surface area contributed by atoms with Gasteiger partial charge in [0.15, 0.2) is 0 Å². The highest BCUT2D eigenvalue weighted by Crippen LogP contribution is 2.15. The van der Waals surface area contributed by atoms with Crippen LogP contribution in [-0.2, 0) is 13.0 Å². The summed E-state index contributed by atoms with van der Waals surface area (Å²) in [6.07, 6.45) is 4.17. The van der Waals surface area contributed by atoms with Gasteiger partial charge in [-0.2, -0.15) is 0 Å². The molecule has 0 aliphatic rings. The second kappa shape index (κ2) is 4.79. The van der Waals surface area contributed by atoms with Crippen molar-refractivity contribution >= 4 is 5.69 Å². The third-order valence-corrected chi connectivity index (χ3v) is 2.45. The van der Waals surface area contributed by atoms with Gasteiger partial charge in [-0.1, -0.05) is 13.0 Å². The Hall–Kier alpha value is -1.84. The van der Waals surface area contributed by atoms with Crippen LogP contribution in [0.5, 0.6) is 0 Å². The van der Waals surface area contributed by atoms with Crippen molar-refractivity contribution in [3.05, 3.63) is 47.8 Å². The lowest BCUT2D eigenvalue weighted by atomic mass is 10.1. The molecule has 0 aliphatic carbocycles. The molecule has 0 radical (unpaired) electrons. The fraction of sp³-hybridized carbons (Fsp3) is 0.250. The standard InChI is InChI=1S/C12H14FN3/c1-2-9-3-4-10(7-11(9)13)16-8-12-14-5-6-15-12/h3-7,16H,2,8H2,1H3,(H,14,15). The Morgan fingerprint density at radius 2 is 2.31 bits per heavy atom. The van der Waals surface area contributed by atoms with Gasteiger partial charge >= 0.3 is 0 Å². The van der Waals surface area contributed by atoms with Crippen molar-refractivity contribution in [1.29, 1.82) is 0 Å². The van der Waals surface area contributed by atoms with Gasteiger partial charge in [-0.05, 0) is 24.1 Å². The number of aryl methyl sites for hydroxylation is 1. The quantitative estimate of drug-likeness (QED) is 0.830. The Morgan fingerprint density at radius 3 is 2.94 bits per heavy atom. The Kier molecular flexibility index (Phi) is 3.19. The molecular weight excluding hydrogens is 205 g/mol. The molecule has 0 saturated carbocycles. The molecule has 1 aromatic heterocycles. The normalized spacial score (nSPS) is 10.4. The van der Waals surface area contributed by atoms with Gasteiger partial charge in [-0.3, -0.25) is 0 Å². The van der Waals surface area contributed by atoms with Gasteiger partial charge in [-0.25, -0.2) is 9.37 Å². The van der Waals surface area contributed by atoms with Gasteiger partial charge in [0, 0.05) is 18.1 Å². The zero-order chi connectivity index (χ0) is 11.4. The summed E-state index contributed by atoms with van der Waals surface area (Å²) in [4.78, 5) is 7.05. The zero-order valence-electron chi connectivity index (χ0n) is 9.13. The van der Waals surface area contributed by atoms with Crippen molar-refractivity contribution in [1.82, 2.24) is 9.97 Å². The van der Waals surface area contributed by atoms with Crippen molar-refractivity contribution in [2.24, 2.45) is 0 Å². The molecule has 16 heavy (non-hydrogen) atoms. The van der Waals surface area contributed by atoms with Crippen LogP contribution in [0.2, 0.25) is 0 Å². The van der Waals surface area contributed by atoms with E-state index in [1.807, 2.05) is 13.0 Å². The molecule has 84 valence electrons. The minimum atomic E-state index is -0.160.